The molecule has 20 heavy (non-hydrogen) atoms. The zero-order valence-corrected chi connectivity index (χ0v) is 13.0. The van der Waals surface area contributed by atoms with Gasteiger partial charge in [0.15, 0.2) is 0 Å². The van der Waals surface area contributed by atoms with Gasteiger partial charge in [0.2, 0.25) is 0 Å². The molecule has 0 spiro atoms. The maximum atomic E-state index is 4.91. The van der Waals surface area contributed by atoms with Gasteiger partial charge in [-0.1, -0.05) is 44.2 Å². The van der Waals surface area contributed by atoms with Gasteiger partial charge < -0.3 is 5.32 Å². The van der Waals surface area contributed by atoms with Crippen LogP contribution in [0.25, 0.3) is 10.4 Å². The molecule has 0 bridgehead atoms. The van der Waals surface area contributed by atoms with Gasteiger partial charge in [-0.3, -0.25) is 0 Å². The van der Waals surface area contributed by atoms with Crippen molar-refractivity contribution >= 4 is 11.3 Å². The van der Waals surface area contributed by atoms with Crippen molar-refractivity contribution in [2.45, 2.75) is 51.6 Å². The first-order valence-electron chi connectivity index (χ1n) is 7.56. The van der Waals surface area contributed by atoms with Crippen LogP contribution in [0.2, 0.25) is 0 Å². The normalized spacial score (nSPS) is 16.3. The van der Waals surface area contributed by atoms with Crippen LogP contribution in [0.15, 0.2) is 30.3 Å². The predicted octanol–water partition coefficient (Wildman–Crippen LogP) is 4.58. The number of hydrogen-bond acceptors (Lipinski definition) is 3. The summed E-state index contributed by atoms with van der Waals surface area (Å²) in [6.07, 6.45) is 3.79. The molecule has 0 amide bonds. The first kappa shape index (κ1) is 13.8. The predicted molar refractivity (Wildman–Crippen MR) is 86.1 cm³/mol. The second-order valence-corrected chi connectivity index (χ2v) is 6.69. The molecular formula is C17H22N2S. The molecule has 1 saturated carbocycles. The van der Waals surface area contributed by atoms with Crippen molar-refractivity contribution in [2.75, 3.05) is 0 Å². The molecule has 106 valence electrons. The van der Waals surface area contributed by atoms with Gasteiger partial charge in [0.05, 0.1) is 15.6 Å². The standard InChI is InChI=1S/C17H22N2S/c1-3-12(2)17-19-15(11-18-14-9-10-14)16(20-17)13-7-5-4-6-8-13/h4-8,12,14,18H,3,9-11H2,1-2H3. The van der Waals surface area contributed by atoms with Crippen LogP contribution in [0, 0.1) is 0 Å². The summed E-state index contributed by atoms with van der Waals surface area (Å²) in [5, 5.41) is 4.87. The van der Waals surface area contributed by atoms with E-state index in [9.17, 15) is 0 Å². The molecule has 0 saturated heterocycles. The lowest BCUT2D eigenvalue weighted by molar-refractivity contribution is 0.667. The summed E-state index contributed by atoms with van der Waals surface area (Å²) in [6, 6.07) is 11.4. The number of hydrogen-bond donors (Lipinski definition) is 1. The van der Waals surface area contributed by atoms with E-state index < -0.39 is 0 Å². The van der Waals surface area contributed by atoms with Gasteiger partial charge in [-0.05, 0) is 24.8 Å². The fourth-order valence-electron chi connectivity index (χ4n) is 2.22. The van der Waals surface area contributed by atoms with E-state index in [1.807, 2.05) is 11.3 Å². The first-order valence-corrected chi connectivity index (χ1v) is 8.38. The number of nitrogens with zero attached hydrogens (tertiary/aromatic N) is 1. The van der Waals surface area contributed by atoms with Gasteiger partial charge in [-0.2, -0.15) is 0 Å². The molecule has 1 aromatic heterocycles. The summed E-state index contributed by atoms with van der Waals surface area (Å²) in [6.45, 7) is 5.41. The van der Waals surface area contributed by atoms with Crippen molar-refractivity contribution in [3.8, 4) is 10.4 Å². The Morgan fingerprint density at radius 3 is 2.70 bits per heavy atom. The van der Waals surface area contributed by atoms with Crippen molar-refractivity contribution in [3.05, 3.63) is 41.0 Å². The van der Waals surface area contributed by atoms with Crippen LogP contribution in [-0.2, 0) is 6.54 Å². The van der Waals surface area contributed by atoms with Crippen LogP contribution < -0.4 is 5.32 Å². The monoisotopic (exact) mass is 286 g/mol. The van der Waals surface area contributed by atoms with Crippen molar-refractivity contribution < 1.29 is 0 Å². The van der Waals surface area contributed by atoms with Gasteiger partial charge in [-0.15, -0.1) is 11.3 Å². The van der Waals surface area contributed by atoms with E-state index in [4.69, 9.17) is 4.98 Å². The van der Waals surface area contributed by atoms with Crippen LogP contribution in [0.5, 0.6) is 0 Å². The molecule has 3 rings (SSSR count). The molecule has 1 atom stereocenters. The first-order chi connectivity index (χ1) is 9.78. The van der Waals surface area contributed by atoms with E-state index in [1.54, 1.807) is 0 Å². The minimum Gasteiger partial charge on any atom is -0.308 e. The van der Waals surface area contributed by atoms with Gasteiger partial charge in [0.1, 0.15) is 0 Å². The summed E-state index contributed by atoms with van der Waals surface area (Å²) in [5.41, 5.74) is 2.52. The molecule has 1 unspecified atom stereocenters. The molecule has 1 N–H and O–H groups in total. The van der Waals surface area contributed by atoms with E-state index in [0.29, 0.717) is 5.92 Å². The molecular weight excluding hydrogens is 264 g/mol. The molecule has 1 aliphatic rings. The van der Waals surface area contributed by atoms with E-state index in [0.717, 1.165) is 19.0 Å². The second-order valence-electron chi connectivity index (χ2n) is 5.66. The maximum absolute atomic E-state index is 4.91. The molecule has 1 aliphatic carbocycles. The van der Waals surface area contributed by atoms with E-state index >= 15 is 0 Å². The van der Waals surface area contributed by atoms with Crippen LogP contribution in [0.4, 0.5) is 0 Å². The average Bonchev–Trinajstić information content (AvgIpc) is 3.23. The number of benzene rings is 1. The lowest BCUT2D eigenvalue weighted by Crippen LogP contribution is -2.16. The summed E-state index contributed by atoms with van der Waals surface area (Å²) in [5.74, 6) is 0.553. The Kier molecular flexibility index (Phi) is 4.18. The zero-order chi connectivity index (χ0) is 13.9. The average molecular weight is 286 g/mol. The molecule has 3 heteroatoms. The molecule has 0 radical (unpaired) electrons. The smallest absolute Gasteiger partial charge is 0.0963 e. The lowest BCUT2D eigenvalue weighted by atomic mass is 10.1. The molecule has 1 fully saturated rings. The summed E-state index contributed by atoms with van der Waals surface area (Å²) >= 11 is 1.87. The quantitative estimate of drug-likeness (QED) is 0.841. The molecule has 1 aromatic carbocycles. The molecule has 1 heterocycles. The van der Waals surface area contributed by atoms with Gasteiger partial charge in [-0.25, -0.2) is 4.98 Å². The highest BCUT2D eigenvalue weighted by Gasteiger charge is 2.22. The highest BCUT2D eigenvalue weighted by molar-refractivity contribution is 7.15. The van der Waals surface area contributed by atoms with E-state index in [-0.39, 0.29) is 0 Å². The third-order valence-corrected chi connectivity index (χ3v) is 5.30. The largest absolute Gasteiger partial charge is 0.308 e. The topological polar surface area (TPSA) is 24.9 Å². The number of aromatic nitrogens is 1. The Morgan fingerprint density at radius 1 is 1.30 bits per heavy atom. The second kappa shape index (κ2) is 6.06. The van der Waals surface area contributed by atoms with Crippen molar-refractivity contribution in [1.29, 1.82) is 0 Å². The van der Waals surface area contributed by atoms with E-state index in [2.05, 4.69) is 49.5 Å². The van der Waals surface area contributed by atoms with Gasteiger partial charge >= 0.3 is 0 Å². The molecule has 0 aliphatic heterocycles. The van der Waals surface area contributed by atoms with Crippen LogP contribution in [-0.4, -0.2) is 11.0 Å². The van der Waals surface area contributed by atoms with E-state index in [1.165, 1.54) is 34.0 Å². The fourth-order valence-corrected chi connectivity index (χ4v) is 3.44. The van der Waals surface area contributed by atoms with Gasteiger partial charge in [0, 0.05) is 18.5 Å². The lowest BCUT2D eigenvalue weighted by Gasteiger charge is -2.03. The summed E-state index contributed by atoms with van der Waals surface area (Å²) in [7, 11) is 0. The SMILES string of the molecule is CCC(C)c1nc(CNC2CC2)c(-c2ccccc2)s1. The Bertz CT molecular complexity index is 558. The molecule has 2 aromatic rings. The number of thiazole rings is 1. The fraction of sp³-hybridized carbons (Fsp3) is 0.471. The summed E-state index contributed by atoms with van der Waals surface area (Å²) < 4.78 is 0. The Hall–Kier alpha value is -1.19. The van der Waals surface area contributed by atoms with Crippen molar-refractivity contribution in [2.24, 2.45) is 0 Å². The van der Waals surface area contributed by atoms with Crippen LogP contribution in [0.3, 0.4) is 0 Å². The van der Waals surface area contributed by atoms with Crippen molar-refractivity contribution in [3.63, 3.8) is 0 Å². The minimum absolute atomic E-state index is 0.553. The third-order valence-electron chi connectivity index (χ3n) is 3.92. The van der Waals surface area contributed by atoms with Crippen LogP contribution >= 0.6 is 11.3 Å². The van der Waals surface area contributed by atoms with Crippen LogP contribution in [0.1, 0.15) is 49.7 Å². The number of nitrogens with one attached hydrogen (secondary N) is 1. The third kappa shape index (κ3) is 3.10. The Morgan fingerprint density at radius 2 is 2.05 bits per heavy atom. The Labute approximate surface area is 125 Å². The highest BCUT2D eigenvalue weighted by atomic mass is 32.1. The summed E-state index contributed by atoms with van der Waals surface area (Å²) in [4.78, 5) is 6.25. The highest BCUT2D eigenvalue weighted by Crippen LogP contribution is 2.35. The molecule has 2 nitrogen and oxygen atoms in total. The van der Waals surface area contributed by atoms with Crippen molar-refractivity contribution in [1.82, 2.24) is 10.3 Å². The van der Waals surface area contributed by atoms with Gasteiger partial charge in [0.25, 0.3) is 0 Å². The maximum Gasteiger partial charge on any atom is 0.0963 e. The number of rotatable bonds is 6. The zero-order valence-electron chi connectivity index (χ0n) is 12.2. The Balaban J connectivity index is 1.90. The minimum atomic E-state index is 0.553.